The van der Waals surface area contributed by atoms with E-state index < -0.39 is 0 Å². The Balaban J connectivity index is 2.38. The van der Waals surface area contributed by atoms with E-state index in [4.69, 9.17) is 7.85 Å². The maximum absolute atomic E-state index is 5.74. The van der Waals surface area contributed by atoms with Gasteiger partial charge in [-0.2, -0.15) is 0 Å². The summed E-state index contributed by atoms with van der Waals surface area (Å²) in [6, 6.07) is 0.604. The molecule has 1 aliphatic rings. The van der Waals surface area contributed by atoms with Gasteiger partial charge in [0.25, 0.3) is 0 Å². The molecule has 0 saturated carbocycles. The Bertz CT molecular complexity index is 228. The number of aliphatic imine (C=N–C) groups is 1. The molecule has 0 bridgehead atoms. The first kappa shape index (κ1) is 12.4. The van der Waals surface area contributed by atoms with Gasteiger partial charge in [0.05, 0.1) is 7.85 Å². The van der Waals surface area contributed by atoms with Crippen molar-refractivity contribution in [2.24, 2.45) is 4.99 Å². The first-order chi connectivity index (χ1) is 7.06. The van der Waals surface area contributed by atoms with Crippen molar-refractivity contribution in [3.63, 3.8) is 0 Å². The predicted octanol–water partition coefficient (Wildman–Crippen LogP) is 1.37. The van der Waals surface area contributed by atoms with Crippen LogP contribution in [0.2, 0.25) is 5.82 Å². The summed E-state index contributed by atoms with van der Waals surface area (Å²) < 4.78 is 0. The van der Waals surface area contributed by atoms with Crippen LogP contribution in [-0.2, 0) is 0 Å². The van der Waals surface area contributed by atoms with Crippen LogP contribution in [0.5, 0.6) is 0 Å². The van der Waals surface area contributed by atoms with E-state index in [-0.39, 0.29) is 0 Å². The Morgan fingerprint density at radius 2 is 2.20 bits per heavy atom. The maximum atomic E-state index is 5.74. The van der Waals surface area contributed by atoms with Gasteiger partial charge >= 0.3 is 0 Å². The fourth-order valence-corrected chi connectivity index (χ4v) is 2.24. The van der Waals surface area contributed by atoms with E-state index in [1.807, 2.05) is 7.05 Å². The van der Waals surface area contributed by atoms with E-state index in [2.05, 4.69) is 35.8 Å². The van der Waals surface area contributed by atoms with Crippen molar-refractivity contribution in [3.05, 3.63) is 0 Å². The molecule has 0 aliphatic carbocycles. The zero-order chi connectivity index (χ0) is 11.4. The molecule has 2 unspecified atom stereocenters. The van der Waals surface area contributed by atoms with Crippen molar-refractivity contribution in [2.45, 2.75) is 38.0 Å². The van der Waals surface area contributed by atoms with Crippen LogP contribution in [0.1, 0.15) is 26.2 Å². The van der Waals surface area contributed by atoms with Crippen LogP contribution in [0.25, 0.3) is 0 Å². The van der Waals surface area contributed by atoms with E-state index in [1.54, 1.807) is 0 Å². The number of likely N-dealkylation sites (N-methyl/N-ethyl adjacent to an activating group) is 2. The second-order valence-electron chi connectivity index (χ2n) is 4.58. The lowest BCUT2D eigenvalue weighted by atomic mass is 9.84. The minimum Gasteiger partial charge on any atom is -0.344 e. The van der Waals surface area contributed by atoms with Gasteiger partial charge in [0.15, 0.2) is 5.96 Å². The lowest BCUT2D eigenvalue weighted by molar-refractivity contribution is 0.365. The largest absolute Gasteiger partial charge is 0.344 e. The van der Waals surface area contributed by atoms with E-state index in [0.717, 1.165) is 18.9 Å². The van der Waals surface area contributed by atoms with Crippen molar-refractivity contribution in [1.29, 1.82) is 0 Å². The van der Waals surface area contributed by atoms with Crippen molar-refractivity contribution >= 4 is 13.8 Å². The van der Waals surface area contributed by atoms with Gasteiger partial charge in [-0.05, 0) is 6.42 Å². The van der Waals surface area contributed by atoms with E-state index in [1.165, 1.54) is 12.8 Å². The van der Waals surface area contributed by atoms with E-state index in [9.17, 15) is 0 Å². The van der Waals surface area contributed by atoms with Gasteiger partial charge in [-0.25, -0.2) is 0 Å². The van der Waals surface area contributed by atoms with Gasteiger partial charge < -0.3 is 9.80 Å². The molecular weight excluding hydrogens is 185 g/mol. The van der Waals surface area contributed by atoms with Crippen molar-refractivity contribution in [1.82, 2.24) is 9.80 Å². The quantitative estimate of drug-likeness (QED) is 0.648. The van der Waals surface area contributed by atoms with Gasteiger partial charge in [-0.15, -0.1) is 0 Å². The van der Waals surface area contributed by atoms with Crippen molar-refractivity contribution < 1.29 is 0 Å². The highest BCUT2D eigenvalue weighted by atomic mass is 15.4. The van der Waals surface area contributed by atoms with Crippen LogP contribution in [0.4, 0.5) is 0 Å². The Hall–Kier alpha value is -0.665. The molecule has 1 heterocycles. The Morgan fingerprint density at radius 3 is 2.67 bits per heavy atom. The SMILES string of the molecule is [B]C(C)CCCC1CN(C)C(=NC)N1C. The minimum absolute atomic E-state index is 0.328. The zero-order valence-electron chi connectivity index (χ0n) is 10.4. The molecule has 15 heavy (non-hydrogen) atoms. The van der Waals surface area contributed by atoms with Crippen LogP contribution in [0.3, 0.4) is 0 Å². The van der Waals surface area contributed by atoms with Gasteiger partial charge in [0.2, 0.25) is 0 Å². The van der Waals surface area contributed by atoms with E-state index in [0.29, 0.717) is 11.9 Å². The molecular formula is C11H22BN3. The van der Waals surface area contributed by atoms with E-state index >= 15 is 0 Å². The topological polar surface area (TPSA) is 18.8 Å². The highest BCUT2D eigenvalue weighted by Gasteiger charge is 2.29. The molecule has 0 N–H and O–H groups in total. The molecule has 0 aromatic carbocycles. The molecule has 2 radical (unpaired) electrons. The third-order valence-corrected chi connectivity index (χ3v) is 3.09. The highest BCUT2D eigenvalue weighted by molar-refractivity contribution is 6.11. The monoisotopic (exact) mass is 207 g/mol. The normalized spacial score (nSPS) is 26.4. The number of guanidine groups is 1. The van der Waals surface area contributed by atoms with Crippen molar-refractivity contribution in [3.8, 4) is 0 Å². The van der Waals surface area contributed by atoms with Gasteiger partial charge in [-0.1, -0.05) is 25.6 Å². The smallest absolute Gasteiger partial charge is 0.196 e. The Morgan fingerprint density at radius 1 is 1.53 bits per heavy atom. The fraction of sp³-hybridized carbons (Fsp3) is 0.909. The highest BCUT2D eigenvalue weighted by Crippen LogP contribution is 2.19. The van der Waals surface area contributed by atoms with Crippen LogP contribution < -0.4 is 0 Å². The molecule has 0 aromatic heterocycles. The van der Waals surface area contributed by atoms with Crippen molar-refractivity contribution in [2.75, 3.05) is 27.7 Å². The summed E-state index contributed by atoms with van der Waals surface area (Å²) in [7, 11) is 11.8. The summed E-state index contributed by atoms with van der Waals surface area (Å²) >= 11 is 0. The number of hydrogen-bond acceptors (Lipinski definition) is 1. The molecule has 84 valence electrons. The van der Waals surface area contributed by atoms with Gasteiger partial charge in [-0.3, -0.25) is 4.99 Å². The molecule has 0 amide bonds. The van der Waals surface area contributed by atoms with Crippen LogP contribution in [0.15, 0.2) is 4.99 Å². The second kappa shape index (κ2) is 5.43. The summed E-state index contributed by atoms with van der Waals surface area (Å²) in [6.45, 7) is 3.16. The fourth-order valence-electron chi connectivity index (χ4n) is 2.24. The summed E-state index contributed by atoms with van der Waals surface area (Å²) in [5, 5.41) is 0. The molecule has 3 nitrogen and oxygen atoms in total. The number of hydrogen-bond donors (Lipinski definition) is 0. The molecule has 0 aromatic rings. The van der Waals surface area contributed by atoms with Gasteiger partial charge in [0.1, 0.15) is 0 Å². The third kappa shape index (κ3) is 3.15. The summed E-state index contributed by atoms with van der Waals surface area (Å²) in [5.74, 6) is 1.43. The predicted molar refractivity (Wildman–Crippen MR) is 66.6 cm³/mol. The van der Waals surface area contributed by atoms with Crippen LogP contribution in [-0.4, -0.2) is 57.3 Å². The number of rotatable bonds is 4. The van der Waals surface area contributed by atoms with Crippen LogP contribution in [0, 0.1) is 0 Å². The first-order valence-electron chi connectivity index (χ1n) is 5.72. The first-order valence-corrected chi connectivity index (χ1v) is 5.72. The molecule has 0 spiro atoms. The van der Waals surface area contributed by atoms with Gasteiger partial charge in [0, 0.05) is 33.7 Å². The molecule has 1 rings (SSSR count). The number of nitrogens with zero attached hydrogens (tertiary/aromatic N) is 3. The molecule has 1 aliphatic heterocycles. The average Bonchev–Trinajstić information content (AvgIpc) is 2.41. The minimum atomic E-state index is 0.328. The average molecular weight is 207 g/mol. The third-order valence-electron chi connectivity index (χ3n) is 3.09. The molecule has 2 atom stereocenters. The molecule has 1 fully saturated rings. The lowest BCUT2D eigenvalue weighted by Gasteiger charge is -2.20. The zero-order valence-corrected chi connectivity index (χ0v) is 10.4. The van der Waals surface area contributed by atoms with Crippen LogP contribution >= 0.6 is 0 Å². The molecule has 1 saturated heterocycles. The Kier molecular flexibility index (Phi) is 4.49. The lowest BCUT2D eigenvalue weighted by Crippen LogP contribution is -2.31. The Labute approximate surface area is 94.9 Å². The maximum Gasteiger partial charge on any atom is 0.196 e. The standard InChI is InChI=1S/C11H22BN3/c1-9(12)6-5-7-10-8-14(3)11(13-2)15(10)4/h9-10H,5-8H2,1-4H3. The summed E-state index contributed by atoms with van der Waals surface area (Å²) in [5.41, 5.74) is 0. The summed E-state index contributed by atoms with van der Waals surface area (Å²) in [4.78, 5) is 8.78. The molecule has 4 heteroatoms. The second-order valence-corrected chi connectivity index (χ2v) is 4.58. The summed E-state index contributed by atoms with van der Waals surface area (Å²) in [6.07, 6.45) is 3.53.